The molecule has 0 unspecified atom stereocenters. The van der Waals surface area contributed by atoms with Crippen molar-refractivity contribution < 1.29 is 14.4 Å². The summed E-state index contributed by atoms with van der Waals surface area (Å²) in [6.45, 7) is 6.72. The standard InChI is InChI=1S/C25H33N8O4S/c1-25(2,3)37-33(36)30-22-17-38-16-21(22)29-23(34)20-9-8-18(13-27-20)15-32(12-11-31(4)5)24(35)28-19-7-6-10-26-14-19/h6-10,13-14,16-17,30H,11-12,15H2,1-5H3,(H,28,35)(H,29,34)/q-1. The molecule has 0 saturated heterocycles. The fourth-order valence-electron chi connectivity index (χ4n) is 3.12. The average molecular weight is 542 g/mol. The van der Waals surface area contributed by atoms with Gasteiger partial charge in [0.15, 0.2) is 0 Å². The molecule has 3 aromatic heterocycles. The number of hydrogen-bond acceptors (Lipinski definition) is 10. The van der Waals surface area contributed by atoms with Crippen LogP contribution in [0.5, 0.6) is 0 Å². The summed E-state index contributed by atoms with van der Waals surface area (Å²) in [5.41, 5.74) is 4.26. The lowest BCUT2D eigenvalue weighted by molar-refractivity contribution is -0.184. The average Bonchev–Trinajstić information content (AvgIpc) is 3.27. The van der Waals surface area contributed by atoms with Crippen LogP contribution in [0.2, 0.25) is 0 Å². The molecule has 3 rings (SSSR count). The second kappa shape index (κ2) is 13.3. The first-order valence-electron chi connectivity index (χ1n) is 11.9. The fraction of sp³-hybridized carbons (Fsp3) is 0.360. The number of rotatable bonds is 11. The summed E-state index contributed by atoms with van der Waals surface area (Å²) >= 11 is 1.31. The smallest absolute Gasteiger partial charge is 0.322 e. The quantitative estimate of drug-likeness (QED) is 0.304. The van der Waals surface area contributed by atoms with Gasteiger partial charge in [0, 0.05) is 42.8 Å². The van der Waals surface area contributed by atoms with Gasteiger partial charge in [0.1, 0.15) is 5.69 Å². The molecule has 12 nitrogen and oxygen atoms in total. The number of pyridine rings is 2. The van der Waals surface area contributed by atoms with Gasteiger partial charge in [-0.1, -0.05) is 6.07 Å². The van der Waals surface area contributed by atoms with Crippen molar-refractivity contribution in [1.82, 2.24) is 25.1 Å². The summed E-state index contributed by atoms with van der Waals surface area (Å²) in [6.07, 6.45) is 4.79. The Labute approximate surface area is 226 Å². The predicted octanol–water partition coefficient (Wildman–Crippen LogP) is 4.24. The number of aromatic nitrogens is 2. The van der Waals surface area contributed by atoms with Crippen molar-refractivity contribution in [3.05, 3.63) is 70.1 Å². The molecule has 3 heterocycles. The number of carbonyl (C=O) groups is 2. The molecule has 3 aromatic rings. The van der Waals surface area contributed by atoms with Crippen LogP contribution in [0.1, 0.15) is 36.8 Å². The molecule has 0 aromatic carbocycles. The molecule has 0 bridgehead atoms. The van der Waals surface area contributed by atoms with Gasteiger partial charge in [-0.15, -0.1) is 11.3 Å². The van der Waals surface area contributed by atoms with E-state index < -0.39 is 11.5 Å². The highest BCUT2D eigenvalue weighted by atomic mass is 32.1. The summed E-state index contributed by atoms with van der Waals surface area (Å²) < 4.78 is 0. The van der Waals surface area contributed by atoms with Crippen LogP contribution in [-0.4, -0.2) is 69.8 Å². The molecule has 38 heavy (non-hydrogen) atoms. The minimum absolute atomic E-state index is 0.190. The number of urea groups is 1. The van der Waals surface area contributed by atoms with E-state index in [4.69, 9.17) is 4.84 Å². The highest BCUT2D eigenvalue weighted by Gasteiger charge is 2.17. The number of hydrogen-bond donors (Lipinski definition) is 3. The summed E-state index contributed by atoms with van der Waals surface area (Å²) in [4.78, 5) is 42.9. The second-order valence-electron chi connectivity index (χ2n) is 9.67. The van der Waals surface area contributed by atoms with Crippen LogP contribution in [-0.2, 0) is 11.4 Å². The Morgan fingerprint density at radius 1 is 1.05 bits per heavy atom. The number of amides is 3. The monoisotopic (exact) mass is 541 g/mol. The molecule has 3 amide bonds. The lowest BCUT2D eigenvalue weighted by Gasteiger charge is -2.34. The van der Waals surface area contributed by atoms with Crippen LogP contribution in [0.4, 0.5) is 21.9 Å². The van der Waals surface area contributed by atoms with Gasteiger partial charge >= 0.3 is 6.03 Å². The summed E-state index contributed by atoms with van der Waals surface area (Å²) in [5, 5.41) is 21.3. The Balaban J connectivity index is 1.63. The number of thiophene rings is 1. The van der Waals surface area contributed by atoms with Gasteiger partial charge in [-0.05, 0) is 58.6 Å². The Bertz CT molecular complexity index is 1180. The Kier molecular flexibility index (Phi) is 10.1. The molecule has 0 spiro atoms. The van der Waals surface area contributed by atoms with E-state index in [1.165, 1.54) is 11.3 Å². The predicted molar refractivity (Wildman–Crippen MR) is 148 cm³/mol. The van der Waals surface area contributed by atoms with Crippen LogP contribution in [0, 0.1) is 5.21 Å². The number of nitrogens with one attached hydrogen (secondary N) is 3. The van der Waals surface area contributed by atoms with Crippen molar-refractivity contribution in [1.29, 1.82) is 0 Å². The van der Waals surface area contributed by atoms with Gasteiger partial charge < -0.3 is 31.1 Å². The molecule has 13 heteroatoms. The van der Waals surface area contributed by atoms with E-state index in [2.05, 4.69) is 26.0 Å². The zero-order chi connectivity index (χ0) is 27.7. The highest BCUT2D eigenvalue weighted by molar-refractivity contribution is 7.09. The van der Waals surface area contributed by atoms with E-state index in [1.54, 1.807) is 79.3 Å². The lowest BCUT2D eigenvalue weighted by Crippen LogP contribution is -2.39. The van der Waals surface area contributed by atoms with Crippen LogP contribution in [0.3, 0.4) is 0 Å². The maximum absolute atomic E-state index is 12.9. The highest BCUT2D eigenvalue weighted by Crippen LogP contribution is 2.28. The number of nitrogens with zero attached hydrogens (tertiary/aromatic N) is 5. The third-order valence-corrected chi connectivity index (χ3v) is 5.67. The largest absolute Gasteiger partial charge is 0.743 e. The third kappa shape index (κ3) is 9.36. The van der Waals surface area contributed by atoms with Crippen molar-refractivity contribution in [2.24, 2.45) is 0 Å². The van der Waals surface area contributed by atoms with E-state index in [-0.39, 0.29) is 17.1 Å². The van der Waals surface area contributed by atoms with Crippen molar-refractivity contribution in [2.75, 3.05) is 43.2 Å². The SMILES string of the molecule is CN(C)CCN(Cc1ccc(C(=O)Nc2cscc2NN([O-])OC(C)(C)C)nc1)C(=O)Nc1cccnc1. The first kappa shape index (κ1) is 28.9. The molecule has 0 saturated carbocycles. The fourth-order valence-corrected chi connectivity index (χ4v) is 3.83. The number of anilines is 3. The van der Waals surface area contributed by atoms with Crippen LogP contribution in [0.25, 0.3) is 0 Å². The molecule has 204 valence electrons. The second-order valence-corrected chi connectivity index (χ2v) is 10.4. The molecule has 0 aliphatic rings. The zero-order valence-electron chi connectivity index (χ0n) is 22.1. The van der Waals surface area contributed by atoms with Crippen molar-refractivity contribution in [3.8, 4) is 0 Å². The molecule has 3 N–H and O–H groups in total. The summed E-state index contributed by atoms with van der Waals surface area (Å²) in [6, 6.07) is 6.60. The van der Waals surface area contributed by atoms with Crippen molar-refractivity contribution in [2.45, 2.75) is 32.9 Å². The van der Waals surface area contributed by atoms with Crippen LogP contribution >= 0.6 is 11.3 Å². The van der Waals surface area contributed by atoms with E-state index in [0.717, 1.165) is 5.56 Å². The van der Waals surface area contributed by atoms with Gasteiger partial charge in [0.05, 0.1) is 28.9 Å². The Morgan fingerprint density at radius 2 is 1.82 bits per heavy atom. The lowest BCUT2D eigenvalue weighted by atomic mass is 10.2. The van der Waals surface area contributed by atoms with Gasteiger partial charge in [-0.3, -0.25) is 19.6 Å². The molecule has 0 fully saturated rings. The molecule has 0 radical (unpaired) electrons. The van der Waals surface area contributed by atoms with Gasteiger partial charge in [0.2, 0.25) is 0 Å². The van der Waals surface area contributed by atoms with E-state index in [0.29, 0.717) is 36.7 Å². The molecular weight excluding hydrogens is 508 g/mol. The summed E-state index contributed by atoms with van der Waals surface area (Å²) in [5.74, 6) is -0.439. The molecule has 0 atom stereocenters. The minimum atomic E-state index is -0.679. The number of carbonyl (C=O) groups excluding carboxylic acids is 2. The molecule has 0 aliphatic heterocycles. The third-order valence-electron chi connectivity index (χ3n) is 4.93. The van der Waals surface area contributed by atoms with Crippen LogP contribution < -0.4 is 16.1 Å². The minimum Gasteiger partial charge on any atom is -0.743 e. The first-order valence-corrected chi connectivity index (χ1v) is 12.8. The Morgan fingerprint density at radius 3 is 2.45 bits per heavy atom. The summed E-state index contributed by atoms with van der Waals surface area (Å²) in [7, 11) is 3.87. The van der Waals surface area contributed by atoms with Gasteiger partial charge in [0.25, 0.3) is 5.91 Å². The van der Waals surface area contributed by atoms with Crippen molar-refractivity contribution in [3.63, 3.8) is 0 Å². The molecule has 0 aliphatic carbocycles. The van der Waals surface area contributed by atoms with Crippen LogP contribution in [0.15, 0.2) is 53.6 Å². The van der Waals surface area contributed by atoms with Crippen molar-refractivity contribution >= 4 is 40.3 Å². The topological polar surface area (TPSA) is 138 Å². The normalized spacial score (nSPS) is 11.5. The zero-order valence-corrected chi connectivity index (χ0v) is 22.9. The molecular formula is C25H33N8O4S-. The number of likely N-dealkylation sites (N-methyl/N-ethyl adjacent to an activating group) is 1. The van der Waals surface area contributed by atoms with E-state index >= 15 is 0 Å². The number of hydrazine groups is 1. The Hall–Kier alpha value is -3.62. The maximum Gasteiger partial charge on any atom is 0.322 e. The maximum atomic E-state index is 12.9. The van der Waals surface area contributed by atoms with E-state index in [9.17, 15) is 14.8 Å². The first-order chi connectivity index (χ1) is 18.0. The van der Waals surface area contributed by atoms with Gasteiger partial charge in [-0.25, -0.2) is 4.79 Å². The van der Waals surface area contributed by atoms with E-state index in [1.807, 2.05) is 19.0 Å². The van der Waals surface area contributed by atoms with Gasteiger partial charge in [-0.2, -0.15) is 5.34 Å².